The average molecular weight is 374 g/mol. The van der Waals surface area contributed by atoms with Crippen molar-refractivity contribution in [1.82, 2.24) is 14.3 Å². The average Bonchev–Trinajstić information content (AvgIpc) is 3.11. The van der Waals surface area contributed by atoms with E-state index in [4.69, 9.17) is 0 Å². The van der Waals surface area contributed by atoms with Crippen LogP contribution in [0.2, 0.25) is 0 Å². The largest absolute Gasteiger partial charge is 0.358 e. The Bertz CT molecular complexity index is 1230. The number of H-pyrrole nitrogens is 1. The summed E-state index contributed by atoms with van der Waals surface area (Å²) in [6, 6.07) is 17.3. The number of aromatic nitrogens is 3. The van der Waals surface area contributed by atoms with Crippen molar-refractivity contribution in [2.45, 2.75) is 20.3 Å². The minimum atomic E-state index is -0.241. The Kier molecular flexibility index (Phi) is 4.39. The standard InChI is InChI=1S/C22H22N4O2/c1-14-18(17-11-7-8-12-19(17)23-14)13-20(27)24-21-15(2)25(3)26(22(21)28)16-9-5-4-6-10-16/h4-12,23H,13H2,1-3H3,(H,24,27). The van der Waals surface area contributed by atoms with Crippen LogP contribution < -0.4 is 10.9 Å². The minimum Gasteiger partial charge on any atom is -0.358 e. The van der Waals surface area contributed by atoms with Gasteiger partial charge in [-0.25, -0.2) is 4.68 Å². The molecule has 6 heteroatoms. The van der Waals surface area contributed by atoms with Gasteiger partial charge in [-0.15, -0.1) is 0 Å². The van der Waals surface area contributed by atoms with Gasteiger partial charge in [-0.3, -0.25) is 14.3 Å². The van der Waals surface area contributed by atoms with Gasteiger partial charge in [0.05, 0.1) is 17.8 Å². The topological polar surface area (TPSA) is 71.8 Å². The van der Waals surface area contributed by atoms with Gasteiger partial charge in [0.1, 0.15) is 5.69 Å². The van der Waals surface area contributed by atoms with Crippen molar-refractivity contribution in [2.75, 3.05) is 5.32 Å². The van der Waals surface area contributed by atoms with Crippen LogP contribution in [0.1, 0.15) is 17.0 Å². The number of rotatable bonds is 4. The first kappa shape index (κ1) is 17.9. The molecule has 2 N–H and O–H groups in total. The number of hydrogen-bond acceptors (Lipinski definition) is 2. The van der Waals surface area contributed by atoms with E-state index in [1.165, 1.54) is 0 Å². The van der Waals surface area contributed by atoms with Crippen molar-refractivity contribution in [1.29, 1.82) is 0 Å². The quantitative estimate of drug-likeness (QED) is 0.574. The predicted molar refractivity (Wildman–Crippen MR) is 111 cm³/mol. The van der Waals surface area contributed by atoms with E-state index in [1.54, 1.807) is 9.36 Å². The van der Waals surface area contributed by atoms with E-state index >= 15 is 0 Å². The molecule has 1 amide bonds. The molecular weight excluding hydrogens is 352 g/mol. The summed E-state index contributed by atoms with van der Waals surface area (Å²) >= 11 is 0. The van der Waals surface area contributed by atoms with Crippen molar-refractivity contribution in [3.63, 3.8) is 0 Å². The molecule has 142 valence electrons. The van der Waals surface area contributed by atoms with Crippen LogP contribution in [0.3, 0.4) is 0 Å². The van der Waals surface area contributed by atoms with Gasteiger partial charge in [-0.05, 0) is 37.6 Å². The Morgan fingerprint density at radius 3 is 2.46 bits per heavy atom. The second-order valence-corrected chi connectivity index (χ2v) is 6.94. The summed E-state index contributed by atoms with van der Waals surface area (Å²) in [4.78, 5) is 29.0. The number of fused-ring (bicyclic) bond motifs is 1. The first-order chi connectivity index (χ1) is 13.5. The van der Waals surface area contributed by atoms with E-state index < -0.39 is 0 Å². The van der Waals surface area contributed by atoms with Gasteiger partial charge < -0.3 is 10.3 Å². The molecule has 0 saturated heterocycles. The highest BCUT2D eigenvalue weighted by Gasteiger charge is 2.19. The second-order valence-electron chi connectivity index (χ2n) is 6.94. The highest BCUT2D eigenvalue weighted by molar-refractivity contribution is 5.96. The maximum absolute atomic E-state index is 12.9. The molecule has 2 heterocycles. The molecule has 2 aromatic heterocycles. The molecule has 28 heavy (non-hydrogen) atoms. The van der Waals surface area contributed by atoms with Gasteiger partial charge >= 0.3 is 0 Å². The molecule has 0 aliphatic heterocycles. The molecular formula is C22H22N4O2. The third kappa shape index (κ3) is 2.93. The molecule has 0 unspecified atom stereocenters. The number of benzene rings is 2. The SMILES string of the molecule is Cc1[nH]c2ccccc2c1CC(=O)Nc1c(C)n(C)n(-c2ccccc2)c1=O. The first-order valence-electron chi connectivity index (χ1n) is 9.17. The summed E-state index contributed by atoms with van der Waals surface area (Å²) in [6.07, 6.45) is 0.203. The highest BCUT2D eigenvalue weighted by Crippen LogP contribution is 2.23. The Balaban J connectivity index is 1.65. The summed E-state index contributed by atoms with van der Waals surface area (Å²) in [5.41, 5.74) is 4.45. The van der Waals surface area contributed by atoms with E-state index in [0.717, 1.165) is 27.8 Å². The molecule has 0 fully saturated rings. The molecule has 0 aliphatic rings. The monoisotopic (exact) mass is 374 g/mol. The Morgan fingerprint density at radius 1 is 1.04 bits per heavy atom. The Labute approximate surface area is 162 Å². The van der Waals surface area contributed by atoms with E-state index in [-0.39, 0.29) is 17.9 Å². The van der Waals surface area contributed by atoms with Crippen LogP contribution in [0.5, 0.6) is 0 Å². The fraction of sp³-hybridized carbons (Fsp3) is 0.182. The Hall–Kier alpha value is -3.54. The highest BCUT2D eigenvalue weighted by atomic mass is 16.2. The van der Waals surface area contributed by atoms with E-state index in [9.17, 15) is 9.59 Å². The number of hydrogen-bond donors (Lipinski definition) is 2. The number of nitrogens with one attached hydrogen (secondary N) is 2. The molecule has 0 saturated carbocycles. The predicted octanol–water partition coefficient (Wildman–Crippen LogP) is 3.46. The van der Waals surface area contributed by atoms with Crippen LogP contribution >= 0.6 is 0 Å². The van der Waals surface area contributed by atoms with Crippen molar-refractivity contribution in [3.8, 4) is 5.69 Å². The summed E-state index contributed by atoms with van der Waals surface area (Å²) in [5, 5.41) is 3.86. The van der Waals surface area contributed by atoms with E-state index in [1.807, 2.05) is 75.5 Å². The fourth-order valence-corrected chi connectivity index (χ4v) is 3.62. The number of anilines is 1. The summed E-state index contributed by atoms with van der Waals surface area (Å²) < 4.78 is 3.31. The van der Waals surface area contributed by atoms with Gasteiger partial charge in [-0.1, -0.05) is 36.4 Å². The Morgan fingerprint density at radius 2 is 1.71 bits per heavy atom. The molecule has 0 atom stereocenters. The molecule has 0 aliphatic carbocycles. The second kappa shape index (κ2) is 6.88. The number of carbonyl (C=O) groups is 1. The third-order valence-corrected chi connectivity index (χ3v) is 5.18. The fourth-order valence-electron chi connectivity index (χ4n) is 3.62. The van der Waals surface area contributed by atoms with E-state index in [0.29, 0.717) is 11.4 Å². The number of para-hydroxylation sites is 2. The van der Waals surface area contributed by atoms with Crippen LogP contribution in [0, 0.1) is 13.8 Å². The van der Waals surface area contributed by atoms with Crippen LogP contribution in [-0.4, -0.2) is 20.3 Å². The van der Waals surface area contributed by atoms with E-state index in [2.05, 4.69) is 10.3 Å². The molecule has 0 spiro atoms. The maximum Gasteiger partial charge on any atom is 0.295 e. The van der Waals surface area contributed by atoms with Gasteiger partial charge in [0, 0.05) is 23.6 Å². The number of aryl methyl sites for hydroxylation is 1. The summed E-state index contributed by atoms with van der Waals surface area (Å²) in [6.45, 7) is 3.78. The van der Waals surface area contributed by atoms with Gasteiger partial charge in [0.15, 0.2) is 0 Å². The number of amides is 1. The lowest BCUT2D eigenvalue weighted by Gasteiger charge is -2.07. The van der Waals surface area contributed by atoms with Crippen molar-refractivity contribution in [2.24, 2.45) is 7.05 Å². The molecule has 0 bridgehead atoms. The lowest BCUT2D eigenvalue weighted by Crippen LogP contribution is -2.23. The maximum atomic E-state index is 12.9. The normalized spacial score (nSPS) is 11.1. The molecule has 4 rings (SSSR count). The molecule has 4 aromatic rings. The van der Waals surface area contributed by atoms with Crippen LogP contribution in [0.15, 0.2) is 59.4 Å². The number of aromatic amines is 1. The molecule has 6 nitrogen and oxygen atoms in total. The van der Waals surface area contributed by atoms with Crippen molar-refractivity contribution >= 4 is 22.5 Å². The van der Waals surface area contributed by atoms with Gasteiger partial charge in [-0.2, -0.15) is 0 Å². The number of nitrogens with zero attached hydrogens (tertiary/aromatic N) is 2. The number of carbonyl (C=O) groups excluding carboxylic acids is 1. The van der Waals surface area contributed by atoms with Gasteiger partial charge in [0.25, 0.3) is 5.56 Å². The van der Waals surface area contributed by atoms with Crippen LogP contribution in [0.25, 0.3) is 16.6 Å². The van der Waals surface area contributed by atoms with Crippen molar-refractivity contribution in [3.05, 3.63) is 81.9 Å². The molecule has 0 radical (unpaired) electrons. The smallest absolute Gasteiger partial charge is 0.295 e. The third-order valence-electron chi connectivity index (χ3n) is 5.18. The summed E-state index contributed by atoms with van der Waals surface area (Å²) in [5.74, 6) is -0.209. The van der Waals surface area contributed by atoms with Gasteiger partial charge in [0.2, 0.25) is 5.91 Å². The van der Waals surface area contributed by atoms with Crippen LogP contribution in [0.4, 0.5) is 5.69 Å². The van der Waals surface area contributed by atoms with Crippen LogP contribution in [-0.2, 0) is 18.3 Å². The zero-order valence-corrected chi connectivity index (χ0v) is 16.1. The zero-order chi connectivity index (χ0) is 19.8. The van der Waals surface area contributed by atoms with Crippen molar-refractivity contribution < 1.29 is 4.79 Å². The lowest BCUT2D eigenvalue weighted by molar-refractivity contribution is -0.115. The zero-order valence-electron chi connectivity index (χ0n) is 16.1. The summed E-state index contributed by atoms with van der Waals surface area (Å²) in [7, 11) is 1.81. The minimum absolute atomic E-state index is 0.203. The lowest BCUT2D eigenvalue weighted by atomic mass is 10.1. The first-order valence-corrected chi connectivity index (χ1v) is 9.17. The molecule has 2 aromatic carbocycles.